The fraction of sp³-hybridized carbons (Fsp3) is 0.909. The number of hydrogen-bond acceptors (Lipinski definition) is 2. The first kappa shape index (κ1) is 12.9. The van der Waals surface area contributed by atoms with Gasteiger partial charge in [0.1, 0.15) is 0 Å². The molecule has 0 aliphatic rings. The minimum absolute atomic E-state index is 0.329. The van der Waals surface area contributed by atoms with E-state index >= 15 is 0 Å². The van der Waals surface area contributed by atoms with Crippen molar-refractivity contribution in [2.24, 2.45) is 0 Å². The lowest BCUT2D eigenvalue weighted by molar-refractivity contribution is 0.0468. The Morgan fingerprint density at radius 1 is 1.23 bits per heavy atom. The fourth-order valence-corrected chi connectivity index (χ4v) is 1.21. The van der Waals surface area contributed by atoms with Crippen molar-refractivity contribution in [1.82, 2.24) is 0 Å². The molecule has 0 heterocycles. The number of hydrogen-bond donors (Lipinski definition) is 0. The molecule has 0 amide bonds. The van der Waals surface area contributed by atoms with E-state index in [1.165, 1.54) is 0 Å². The molecule has 0 aromatic carbocycles. The van der Waals surface area contributed by atoms with Crippen LogP contribution in [0, 0.1) is 6.92 Å². The molecule has 0 fully saturated rings. The summed E-state index contributed by atoms with van der Waals surface area (Å²) in [6.45, 7) is 10.5. The second-order valence-corrected chi connectivity index (χ2v) is 3.12. The standard InChI is InChI=1S/C11H23O2/c1-4-9-12-10-7-8-11(5-2)13-6-3/h11H,2,4-10H2,1,3H3. The maximum atomic E-state index is 5.48. The van der Waals surface area contributed by atoms with Gasteiger partial charge in [-0.2, -0.15) is 0 Å². The minimum Gasteiger partial charge on any atom is -0.381 e. The van der Waals surface area contributed by atoms with Gasteiger partial charge in [0.15, 0.2) is 0 Å². The van der Waals surface area contributed by atoms with Crippen molar-refractivity contribution in [3.8, 4) is 0 Å². The molecule has 2 heteroatoms. The largest absolute Gasteiger partial charge is 0.381 e. The van der Waals surface area contributed by atoms with E-state index in [9.17, 15) is 0 Å². The summed E-state index contributed by atoms with van der Waals surface area (Å²) < 4.78 is 10.9. The molecule has 0 aliphatic heterocycles. The van der Waals surface area contributed by atoms with E-state index in [1.807, 2.05) is 6.92 Å². The lowest BCUT2D eigenvalue weighted by Crippen LogP contribution is -2.12. The Balaban J connectivity index is 3.17. The SMILES string of the molecule is [CH2]CC(CCCOCCC)OCC. The zero-order valence-electron chi connectivity index (χ0n) is 9.05. The molecule has 1 radical (unpaired) electrons. The zero-order chi connectivity index (χ0) is 9.94. The normalized spacial score (nSPS) is 13.2. The van der Waals surface area contributed by atoms with Crippen molar-refractivity contribution in [1.29, 1.82) is 0 Å². The van der Waals surface area contributed by atoms with Gasteiger partial charge in [0, 0.05) is 19.8 Å². The Morgan fingerprint density at radius 2 is 2.00 bits per heavy atom. The highest BCUT2D eigenvalue weighted by atomic mass is 16.5. The molecular weight excluding hydrogens is 164 g/mol. The lowest BCUT2D eigenvalue weighted by Gasteiger charge is -2.14. The Labute approximate surface area is 82.6 Å². The van der Waals surface area contributed by atoms with Crippen molar-refractivity contribution in [3.05, 3.63) is 6.92 Å². The van der Waals surface area contributed by atoms with Gasteiger partial charge in [-0.1, -0.05) is 13.8 Å². The van der Waals surface area contributed by atoms with Crippen LogP contribution in [0.25, 0.3) is 0 Å². The van der Waals surface area contributed by atoms with Crippen LogP contribution in [0.4, 0.5) is 0 Å². The van der Waals surface area contributed by atoms with Gasteiger partial charge < -0.3 is 9.47 Å². The predicted molar refractivity (Wildman–Crippen MR) is 55.7 cm³/mol. The summed E-state index contributed by atoms with van der Waals surface area (Å²) in [6.07, 6.45) is 4.45. The van der Waals surface area contributed by atoms with Crippen LogP contribution in [0.5, 0.6) is 0 Å². The van der Waals surface area contributed by atoms with Gasteiger partial charge >= 0.3 is 0 Å². The highest BCUT2D eigenvalue weighted by Crippen LogP contribution is 2.06. The first-order valence-corrected chi connectivity index (χ1v) is 5.33. The Bertz CT molecular complexity index is 94.1. The summed E-state index contributed by atoms with van der Waals surface area (Å²) in [5.41, 5.74) is 0. The number of rotatable bonds is 9. The molecule has 0 spiro atoms. The average Bonchev–Trinajstić information content (AvgIpc) is 2.16. The maximum absolute atomic E-state index is 5.48. The van der Waals surface area contributed by atoms with Gasteiger partial charge in [-0.05, 0) is 32.6 Å². The molecule has 0 aromatic heterocycles. The Morgan fingerprint density at radius 3 is 2.54 bits per heavy atom. The fourth-order valence-electron chi connectivity index (χ4n) is 1.21. The van der Waals surface area contributed by atoms with E-state index in [0.29, 0.717) is 6.10 Å². The molecule has 0 aliphatic carbocycles. The summed E-state index contributed by atoms with van der Waals surface area (Å²) >= 11 is 0. The average molecular weight is 187 g/mol. The molecule has 0 aromatic rings. The first-order valence-electron chi connectivity index (χ1n) is 5.33. The van der Waals surface area contributed by atoms with Crippen molar-refractivity contribution in [3.63, 3.8) is 0 Å². The molecule has 0 rings (SSSR count). The van der Waals surface area contributed by atoms with Crippen molar-refractivity contribution in [2.45, 2.75) is 45.6 Å². The van der Waals surface area contributed by atoms with Crippen LogP contribution in [0.15, 0.2) is 0 Å². The van der Waals surface area contributed by atoms with Crippen LogP contribution in [0.1, 0.15) is 39.5 Å². The smallest absolute Gasteiger partial charge is 0.0575 e. The van der Waals surface area contributed by atoms with Crippen LogP contribution < -0.4 is 0 Å². The summed E-state index contributed by atoms with van der Waals surface area (Å²) in [7, 11) is 0. The zero-order valence-corrected chi connectivity index (χ0v) is 9.05. The Hall–Kier alpha value is -0.0800. The van der Waals surface area contributed by atoms with Gasteiger partial charge in [-0.3, -0.25) is 0 Å². The van der Waals surface area contributed by atoms with Crippen LogP contribution in [-0.2, 0) is 9.47 Å². The third kappa shape index (κ3) is 8.26. The van der Waals surface area contributed by atoms with Gasteiger partial charge in [0.2, 0.25) is 0 Å². The molecule has 1 atom stereocenters. The van der Waals surface area contributed by atoms with Crippen LogP contribution in [-0.4, -0.2) is 25.9 Å². The van der Waals surface area contributed by atoms with E-state index in [-0.39, 0.29) is 0 Å². The molecule has 0 N–H and O–H groups in total. The topological polar surface area (TPSA) is 18.5 Å². The molecule has 0 bridgehead atoms. The quantitative estimate of drug-likeness (QED) is 0.517. The first-order chi connectivity index (χ1) is 6.35. The van der Waals surface area contributed by atoms with Crippen molar-refractivity contribution < 1.29 is 9.47 Å². The third-order valence-electron chi connectivity index (χ3n) is 1.89. The van der Waals surface area contributed by atoms with Crippen LogP contribution >= 0.6 is 0 Å². The highest BCUT2D eigenvalue weighted by molar-refractivity contribution is 4.59. The van der Waals surface area contributed by atoms with Gasteiger partial charge in [0.25, 0.3) is 0 Å². The van der Waals surface area contributed by atoms with Crippen molar-refractivity contribution in [2.75, 3.05) is 19.8 Å². The third-order valence-corrected chi connectivity index (χ3v) is 1.89. The summed E-state index contributed by atoms with van der Waals surface area (Å²) in [5.74, 6) is 0. The monoisotopic (exact) mass is 187 g/mol. The van der Waals surface area contributed by atoms with Crippen LogP contribution in [0.2, 0.25) is 0 Å². The Kier molecular flexibility index (Phi) is 9.94. The van der Waals surface area contributed by atoms with Gasteiger partial charge in [0.05, 0.1) is 6.10 Å². The molecule has 0 saturated heterocycles. The molecule has 1 unspecified atom stereocenters. The molecule has 13 heavy (non-hydrogen) atoms. The summed E-state index contributed by atoms with van der Waals surface area (Å²) in [5, 5.41) is 0. The van der Waals surface area contributed by atoms with Gasteiger partial charge in [-0.15, -0.1) is 0 Å². The summed E-state index contributed by atoms with van der Waals surface area (Å²) in [4.78, 5) is 0. The molecule has 0 saturated carbocycles. The summed E-state index contributed by atoms with van der Waals surface area (Å²) in [6, 6.07) is 0. The van der Waals surface area contributed by atoms with E-state index in [4.69, 9.17) is 9.47 Å². The number of ether oxygens (including phenoxy) is 2. The lowest BCUT2D eigenvalue weighted by atomic mass is 10.1. The van der Waals surface area contributed by atoms with E-state index in [2.05, 4.69) is 13.8 Å². The van der Waals surface area contributed by atoms with Crippen molar-refractivity contribution >= 4 is 0 Å². The predicted octanol–water partition coefficient (Wildman–Crippen LogP) is 2.82. The minimum atomic E-state index is 0.329. The van der Waals surface area contributed by atoms with E-state index in [1.54, 1.807) is 0 Å². The second-order valence-electron chi connectivity index (χ2n) is 3.12. The second kappa shape index (κ2) is 10.0. The van der Waals surface area contributed by atoms with E-state index < -0.39 is 0 Å². The van der Waals surface area contributed by atoms with Crippen LogP contribution in [0.3, 0.4) is 0 Å². The maximum Gasteiger partial charge on any atom is 0.0575 e. The molecule has 79 valence electrons. The highest BCUT2D eigenvalue weighted by Gasteiger charge is 2.04. The molecule has 2 nitrogen and oxygen atoms in total. The van der Waals surface area contributed by atoms with Gasteiger partial charge in [-0.25, -0.2) is 0 Å². The molecular formula is C11H23O2. The van der Waals surface area contributed by atoms with E-state index in [0.717, 1.165) is 45.5 Å².